The number of furan rings is 1. The lowest BCUT2D eigenvalue weighted by Gasteiger charge is -2.13. The van der Waals surface area contributed by atoms with Crippen molar-refractivity contribution in [3.63, 3.8) is 0 Å². The van der Waals surface area contributed by atoms with Crippen molar-refractivity contribution in [1.82, 2.24) is 14.1 Å². The van der Waals surface area contributed by atoms with E-state index in [4.69, 9.17) is 9.40 Å². The second kappa shape index (κ2) is 9.93. The number of benzene rings is 7. The van der Waals surface area contributed by atoms with E-state index in [9.17, 15) is 0 Å². The van der Waals surface area contributed by atoms with Crippen LogP contribution >= 0.6 is 0 Å². The largest absolute Gasteiger partial charge is 0.454 e. The Kier molecular flexibility index (Phi) is 5.35. The highest BCUT2D eigenvalue weighted by Crippen LogP contribution is 2.43. The third kappa shape index (κ3) is 3.71. The van der Waals surface area contributed by atoms with E-state index in [-0.39, 0.29) is 0 Å². The molecule has 0 aliphatic carbocycles. The molecule has 0 radical (unpaired) electrons. The van der Waals surface area contributed by atoms with Crippen molar-refractivity contribution in [2.24, 2.45) is 0 Å². The van der Waals surface area contributed by atoms with Crippen LogP contribution in [0.15, 0.2) is 168 Å². The number of hydrogen-bond acceptors (Lipinski definition) is 2. The van der Waals surface area contributed by atoms with Gasteiger partial charge in [0.2, 0.25) is 0 Å². The Bertz CT molecular complexity index is 3090. The van der Waals surface area contributed by atoms with Crippen molar-refractivity contribution < 1.29 is 4.42 Å². The van der Waals surface area contributed by atoms with Gasteiger partial charge in [0.15, 0.2) is 5.58 Å². The topological polar surface area (TPSA) is 35.9 Å². The Morgan fingerprint density at radius 3 is 1.94 bits per heavy atom. The number of para-hydroxylation sites is 4. The molecular weight excluding hydrogens is 599 g/mol. The summed E-state index contributed by atoms with van der Waals surface area (Å²) in [4.78, 5) is 5.31. The zero-order chi connectivity index (χ0) is 32.1. The first kappa shape index (κ1) is 26.4. The predicted molar refractivity (Wildman–Crippen MR) is 203 cm³/mol. The summed E-state index contributed by atoms with van der Waals surface area (Å²) in [5.74, 6) is 0.894. The third-order valence-corrected chi connectivity index (χ3v) is 10.1. The van der Waals surface area contributed by atoms with E-state index in [1.165, 1.54) is 32.7 Å². The highest BCUT2D eigenvalue weighted by molar-refractivity contribution is 6.24. The molecular formula is C45H27N3O. The van der Waals surface area contributed by atoms with E-state index in [1.54, 1.807) is 0 Å². The summed E-state index contributed by atoms with van der Waals surface area (Å²) in [5, 5.41) is 8.13. The molecule has 0 saturated carbocycles. The van der Waals surface area contributed by atoms with Crippen LogP contribution in [0.4, 0.5) is 0 Å². The quantitative estimate of drug-likeness (QED) is 0.196. The molecule has 4 heterocycles. The molecule has 4 aromatic heterocycles. The fourth-order valence-corrected chi connectivity index (χ4v) is 7.96. The zero-order valence-corrected chi connectivity index (χ0v) is 26.3. The van der Waals surface area contributed by atoms with Gasteiger partial charge in [0.1, 0.15) is 11.4 Å². The Morgan fingerprint density at radius 2 is 1.08 bits per heavy atom. The Balaban J connectivity index is 1.31. The smallest absolute Gasteiger partial charge is 0.160 e. The lowest BCUT2D eigenvalue weighted by Crippen LogP contribution is -2.00. The molecule has 11 aromatic rings. The summed E-state index contributed by atoms with van der Waals surface area (Å²) in [6.07, 6.45) is 0. The minimum Gasteiger partial charge on any atom is -0.454 e. The number of rotatable bonds is 3. The number of aromatic nitrogens is 3. The number of nitrogens with zero attached hydrogens (tertiary/aromatic N) is 3. The molecule has 0 atom stereocenters. The van der Waals surface area contributed by atoms with Gasteiger partial charge in [0, 0.05) is 43.4 Å². The number of fused-ring (bicyclic) bond motifs is 11. The summed E-state index contributed by atoms with van der Waals surface area (Å²) in [6, 6.07) is 58.2. The minimum absolute atomic E-state index is 0.894. The van der Waals surface area contributed by atoms with Crippen molar-refractivity contribution in [2.75, 3.05) is 0 Å². The first-order chi connectivity index (χ1) is 24.3. The van der Waals surface area contributed by atoms with Crippen LogP contribution in [0.25, 0.3) is 99.1 Å². The molecule has 0 aliphatic rings. The molecule has 0 fully saturated rings. The molecule has 49 heavy (non-hydrogen) atoms. The van der Waals surface area contributed by atoms with Gasteiger partial charge in [0.05, 0.1) is 27.6 Å². The number of pyridine rings is 1. The standard InChI is InChI=1S/C45H27N3O/c1-3-13-28(14-4-1)35-26-43(46-38-20-10-7-17-30(35)38)48-39-21-11-8-18-31(39)36-25-37-33-23-24-34-32-19-9-12-22-42(32)49-45(34)44(33)47(40(37)27-41(36)48)29-15-5-2-6-16-29/h1-27H. The maximum absolute atomic E-state index is 6.66. The Hall–Kier alpha value is -6.65. The molecule has 0 saturated heterocycles. The third-order valence-electron chi connectivity index (χ3n) is 10.1. The molecule has 0 bridgehead atoms. The van der Waals surface area contributed by atoms with Gasteiger partial charge >= 0.3 is 0 Å². The van der Waals surface area contributed by atoms with E-state index in [2.05, 4.69) is 167 Å². The van der Waals surface area contributed by atoms with Crippen LogP contribution in [0.3, 0.4) is 0 Å². The van der Waals surface area contributed by atoms with E-state index < -0.39 is 0 Å². The normalized spacial score (nSPS) is 12.1. The maximum atomic E-state index is 6.66. The minimum atomic E-state index is 0.894. The first-order valence-electron chi connectivity index (χ1n) is 16.6. The summed E-state index contributed by atoms with van der Waals surface area (Å²) in [5.41, 5.74) is 10.6. The van der Waals surface area contributed by atoms with Crippen molar-refractivity contribution in [1.29, 1.82) is 0 Å². The molecule has 4 heteroatoms. The van der Waals surface area contributed by atoms with E-state index in [1.807, 2.05) is 6.07 Å². The van der Waals surface area contributed by atoms with E-state index >= 15 is 0 Å². The molecule has 11 rings (SSSR count). The average molecular weight is 626 g/mol. The van der Waals surface area contributed by atoms with Gasteiger partial charge in [0.25, 0.3) is 0 Å². The monoisotopic (exact) mass is 625 g/mol. The van der Waals surface area contributed by atoms with E-state index in [0.717, 1.165) is 66.4 Å². The van der Waals surface area contributed by atoms with Gasteiger partial charge in [-0.25, -0.2) is 4.98 Å². The molecule has 0 N–H and O–H groups in total. The van der Waals surface area contributed by atoms with Gasteiger partial charge in [-0.3, -0.25) is 4.57 Å². The van der Waals surface area contributed by atoms with Crippen LogP contribution < -0.4 is 0 Å². The lowest BCUT2D eigenvalue weighted by atomic mass is 10.0. The van der Waals surface area contributed by atoms with Crippen LogP contribution in [-0.4, -0.2) is 14.1 Å². The second-order valence-corrected chi connectivity index (χ2v) is 12.8. The SMILES string of the molecule is c1ccc(-c2cc(-n3c4ccccc4c4cc5c6ccc7c8ccccc8oc7c6n(-c6ccccc6)c5cc43)nc3ccccc23)cc1. The maximum Gasteiger partial charge on any atom is 0.160 e. The fourth-order valence-electron chi connectivity index (χ4n) is 7.96. The second-order valence-electron chi connectivity index (χ2n) is 12.8. The highest BCUT2D eigenvalue weighted by atomic mass is 16.3. The molecule has 7 aromatic carbocycles. The van der Waals surface area contributed by atoms with Crippen molar-refractivity contribution >= 4 is 76.5 Å². The van der Waals surface area contributed by atoms with Crippen LogP contribution in [-0.2, 0) is 0 Å². The predicted octanol–water partition coefficient (Wildman–Crippen LogP) is 12.0. The van der Waals surface area contributed by atoms with Gasteiger partial charge in [-0.2, -0.15) is 0 Å². The van der Waals surface area contributed by atoms with Crippen LogP contribution in [0.1, 0.15) is 0 Å². The van der Waals surface area contributed by atoms with Crippen LogP contribution in [0.5, 0.6) is 0 Å². The first-order valence-corrected chi connectivity index (χ1v) is 16.6. The van der Waals surface area contributed by atoms with Crippen LogP contribution in [0, 0.1) is 0 Å². The molecule has 0 amide bonds. The summed E-state index contributed by atoms with van der Waals surface area (Å²) >= 11 is 0. The van der Waals surface area contributed by atoms with Gasteiger partial charge in [-0.1, -0.05) is 109 Å². The van der Waals surface area contributed by atoms with Crippen molar-refractivity contribution in [2.45, 2.75) is 0 Å². The van der Waals surface area contributed by atoms with Crippen molar-refractivity contribution in [3.05, 3.63) is 164 Å². The van der Waals surface area contributed by atoms with E-state index in [0.29, 0.717) is 0 Å². The summed E-state index contributed by atoms with van der Waals surface area (Å²) in [6.45, 7) is 0. The molecule has 228 valence electrons. The lowest BCUT2D eigenvalue weighted by molar-refractivity contribution is 0.671. The summed E-state index contributed by atoms with van der Waals surface area (Å²) in [7, 11) is 0. The van der Waals surface area contributed by atoms with Crippen LogP contribution in [0.2, 0.25) is 0 Å². The molecule has 0 spiro atoms. The van der Waals surface area contributed by atoms with Gasteiger partial charge < -0.3 is 8.98 Å². The zero-order valence-electron chi connectivity index (χ0n) is 26.3. The highest BCUT2D eigenvalue weighted by Gasteiger charge is 2.22. The summed E-state index contributed by atoms with van der Waals surface area (Å²) < 4.78 is 11.4. The molecule has 4 nitrogen and oxygen atoms in total. The van der Waals surface area contributed by atoms with Gasteiger partial charge in [-0.05, 0) is 65.7 Å². The Labute approximate surface area is 280 Å². The number of hydrogen-bond donors (Lipinski definition) is 0. The molecule has 0 aliphatic heterocycles. The molecule has 0 unspecified atom stereocenters. The Morgan fingerprint density at radius 1 is 0.429 bits per heavy atom. The fraction of sp³-hybridized carbons (Fsp3) is 0. The van der Waals surface area contributed by atoms with Crippen molar-refractivity contribution in [3.8, 4) is 22.6 Å². The average Bonchev–Trinajstić information content (AvgIpc) is 3.81. The van der Waals surface area contributed by atoms with Gasteiger partial charge in [-0.15, -0.1) is 0 Å².